The summed E-state index contributed by atoms with van der Waals surface area (Å²) < 4.78 is 5.31. The number of anilines is 5. The summed E-state index contributed by atoms with van der Waals surface area (Å²) in [6.45, 7) is 0.932. The Hall–Kier alpha value is -5.19. The molecule has 204 valence electrons. The lowest BCUT2D eigenvalue weighted by molar-refractivity contribution is -0.142. The summed E-state index contributed by atoms with van der Waals surface area (Å²) in [5, 5.41) is 18.1. The van der Waals surface area contributed by atoms with Gasteiger partial charge in [-0.25, -0.2) is 4.79 Å². The Morgan fingerprint density at radius 2 is 1.48 bits per heavy atom. The molecular formula is C29H29N7O4. The Labute approximate surface area is 231 Å². The van der Waals surface area contributed by atoms with Crippen LogP contribution in [0, 0.1) is 5.92 Å². The standard InChI is InChI=1S/C29H29N7O4/c1-40-24-14-8-7-13-23(24)31-29(39)35-27-32-26(33-28(34-27)36-17-15-20(16-18-36)25(37)38)30-22-12-6-5-11-21(22)19-9-3-2-4-10-19/h2-14,20H,15-18H2,1H3,(H,37,38)(H3,30,31,32,33,34,35,39). The van der Waals surface area contributed by atoms with Crippen LogP contribution in [0.5, 0.6) is 5.75 Å². The van der Waals surface area contributed by atoms with Crippen LogP contribution in [0.25, 0.3) is 11.1 Å². The number of nitrogens with one attached hydrogen (secondary N) is 3. The molecule has 4 N–H and O–H groups in total. The van der Waals surface area contributed by atoms with E-state index in [4.69, 9.17) is 4.74 Å². The molecule has 0 atom stereocenters. The van der Waals surface area contributed by atoms with Crippen LogP contribution in [0.15, 0.2) is 78.9 Å². The zero-order valence-electron chi connectivity index (χ0n) is 21.9. The van der Waals surface area contributed by atoms with Gasteiger partial charge in [-0.15, -0.1) is 0 Å². The second-order valence-corrected chi connectivity index (χ2v) is 9.20. The van der Waals surface area contributed by atoms with Crippen LogP contribution < -0.4 is 25.6 Å². The van der Waals surface area contributed by atoms with Gasteiger partial charge < -0.3 is 25.4 Å². The van der Waals surface area contributed by atoms with E-state index in [0.717, 1.165) is 16.8 Å². The van der Waals surface area contributed by atoms with Crippen LogP contribution in [0.3, 0.4) is 0 Å². The number of ether oxygens (including phenoxy) is 1. The Balaban J connectivity index is 1.43. The van der Waals surface area contributed by atoms with Crippen LogP contribution in [0.4, 0.5) is 34.0 Å². The van der Waals surface area contributed by atoms with Crippen LogP contribution >= 0.6 is 0 Å². The summed E-state index contributed by atoms with van der Waals surface area (Å²) in [6, 6.07) is 24.2. The minimum atomic E-state index is -0.800. The zero-order chi connectivity index (χ0) is 27.9. The van der Waals surface area contributed by atoms with Crippen molar-refractivity contribution in [2.45, 2.75) is 12.8 Å². The van der Waals surface area contributed by atoms with Crippen molar-refractivity contribution >= 4 is 41.2 Å². The first-order valence-corrected chi connectivity index (χ1v) is 12.9. The predicted molar refractivity (Wildman–Crippen MR) is 153 cm³/mol. The molecule has 0 bridgehead atoms. The molecule has 2 amide bonds. The molecule has 1 aliphatic rings. The van der Waals surface area contributed by atoms with E-state index in [0.29, 0.717) is 43.3 Å². The Morgan fingerprint density at radius 1 is 0.825 bits per heavy atom. The summed E-state index contributed by atoms with van der Waals surface area (Å²) >= 11 is 0. The quantitative estimate of drug-likeness (QED) is 0.237. The van der Waals surface area contributed by atoms with Gasteiger partial charge in [0.2, 0.25) is 17.8 Å². The van der Waals surface area contributed by atoms with E-state index in [1.807, 2.05) is 59.5 Å². The van der Waals surface area contributed by atoms with Crippen LogP contribution in [-0.4, -0.2) is 52.3 Å². The second-order valence-electron chi connectivity index (χ2n) is 9.20. The molecule has 11 heteroatoms. The Bertz CT molecular complexity index is 1490. The number of hydrogen-bond donors (Lipinski definition) is 4. The number of rotatable bonds is 8. The molecule has 4 aromatic rings. The predicted octanol–water partition coefficient (Wildman–Crippen LogP) is 5.24. The van der Waals surface area contributed by atoms with Gasteiger partial charge in [0.15, 0.2) is 0 Å². The number of piperidine rings is 1. The number of para-hydroxylation sites is 3. The van der Waals surface area contributed by atoms with Gasteiger partial charge in [0.25, 0.3) is 0 Å². The number of benzene rings is 3. The lowest BCUT2D eigenvalue weighted by atomic mass is 9.97. The van der Waals surface area contributed by atoms with Crippen LogP contribution in [0.1, 0.15) is 12.8 Å². The normalized spacial score (nSPS) is 13.4. The fourth-order valence-electron chi connectivity index (χ4n) is 4.53. The lowest BCUT2D eigenvalue weighted by Crippen LogP contribution is -2.37. The third kappa shape index (κ3) is 6.26. The number of methoxy groups -OCH3 is 1. The maximum Gasteiger partial charge on any atom is 0.326 e. The van der Waals surface area contributed by atoms with Gasteiger partial charge in [0, 0.05) is 24.3 Å². The molecule has 0 spiro atoms. The SMILES string of the molecule is COc1ccccc1NC(=O)Nc1nc(Nc2ccccc2-c2ccccc2)nc(N2CCC(C(=O)O)CC2)n1. The number of urea groups is 1. The monoisotopic (exact) mass is 539 g/mol. The summed E-state index contributed by atoms with van der Waals surface area (Å²) in [5.74, 6) is -0.0803. The van der Waals surface area contributed by atoms with E-state index in [1.54, 1.807) is 24.3 Å². The van der Waals surface area contributed by atoms with E-state index in [9.17, 15) is 14.7 Å². The van der Waals surface area contributed by atoms with Gasteiger partial charge in [-0.3, -0.25) is 10.1 Å². The number of aromatic nitrogens is 3. The molecule has 1 saturated heterocycles. The molecule has 0 radical (unpaired) electrons. The molecular weight excluding hydrogens is 510 g/mol. The summed E-state index contributed by atoms with van der Waals surface area (Å²) in [6.07, 6.45) is 0.940. The molecule has 2 heterocycles. The highest BCUT2D eigenvalue weighted by molar-refractivity contribution is 5.99. The average Bonchev–Trinajstić information content (AvgIpc) is 2.98. The first kappa shape index (κ1) is 26.4. The number of amides is 2. The van der Waals surface area contributed by atoms with Crippen molar-refractivity contribution in [1.82, 2.24) is 15.0 Å². The van der Waals surface area contributed by atoms with Crippen molar-refractivity contribution in [3.63, 3.8) is 0 Å². The van der Waals surface area contributed by atoms with Crippen molar-refractivity contribution in [3.8, 4) is 16.9 Å². The highest BCUT2D eigenvalue weighted by Gasteiger charge is 2.26. The van der Waals surface area contributed by atoms with Crippen molar-refractivity contribution in [2.75, 3.05) is 41.0 Å². The third-order valence-electron chi connectivity index (χ3n) is 6.59. The molecule has 1 fully saturated rings. The van der Waals surface area contributed by atoms with Crippen molar-refractivity contribution in [1.29, 1.82) is 0 Å². The Kier molecular flexibility index (Phi) is 8.00. The molecule has 11 nitrogen and oxygen atoms in total. The Morgan fingerprint density at radius 3 is 2.20 bits per heavy atom. The topological polar surface area (TPSA) is 142 Å². The van der Waals surface area contributed by atoms with Crippen molar-refractivity contribution < 1.29 is 19.4 Å². The summed E-state index contributed by atoms with van der Waals surface area (Å²) in [5.41, 5.74) is 3.24. The van der Waals surface area contributed by atoms with E-state index >= 15 is 0 Å². The molecule has 0 saturated carbocycles. The summed E-state index contributed by atoms with van der Waals surface area (Å²) in [4.78, 5) is 39.8. The first-order valence-electron chi connectivity index (χ1n) is 12.9. The fraction of sp³-hybridized carbons (Fsp3) is 0.207. The number of hydrogen-bond acceptors (Lipinski definition) is 8. The number of carboxylic acids is 1. The smallest absolute Gasteiger partial charge is 0.326 e. The highest BCUT2D eigenvalue weighted by atomic mass is 16.5. The third-order valence-corrected chi connectivity index (χ3v) is 6.59. The molecule has 40 heavy (non-hydrogen) atoms. The molecule has 5 rings (SSSR count). The van der Waals surface area contributed by atoms with Crippen molar-refractivity contribution in [2.24, 2.45) is 5.92 Å². The number of carboxylic acid groups (broad SMARTS) is 1. The minimum Gasteiger partial charge on any atom is -0.495 e. The largest absolute Gasteiger partial charge is 0.495 e. The molecule has 0 unspecified atom stereocenters. The van der Waals surface area contributed by atoms with E-state index in [-0.39, 0.29) is 11.9 Å². The van der Waals surface area contributed by atoms with Gasteiger partial charge >= 0.3 is 12.0 Å². The average molecular weight is 540 g/mol. The van der Waals surface area contributed by atoms with E-state index in [2.05, 4.69) is 30.9 Å². The van der Waals surface area contributed by atoms with E-state index < -0.39 is 17.9 Å². The maximum atomic E-state index is 12.9. The number of carbonyl (C=O) groups excluding carboxylic acids is 1. The van der Waals surface area contributed by atoms with Crippen molar-refractivity contribution in [3.05, 3.63) is 78.9 Å². The fourth-order valence-corrected chi connectivity index (χ4v) is 4.53. The molecule has 1 aromatic heterocycles. The number of carbonyl (C=O) groups is 2. The molecule has 0 aliphatic carbocycles. The number of aliphatic carboxylic acids is 1. The highest BCUT2D eigenvalue weighted by Crippen LogP contribution is 2.30. The zero-order valence-corrected chi connectivity index (χ0v) is 21.9. The van der Waals surface area contributed by atoms with Gasteiger partial charge in [0.05, 0.1) is 18.7 Å². The lowest BCUT2D eigenvalue weighted by Gasteiger charge is -2.30. The second kappa shape index (κ2) is 12.1. The maximum absolute atomic E-state index is 12.9. The molecule has 3 aromatic carbocycles. The molecule has 1 aliphatic heterocycles. The number of nitrogens with zero attached hydrogens (tertiary/aromatic N) is 4. The van der Waals surface area contributed by atoms with Crippen LogP contribution in [0.2, 0.25) is 0 Å². The minimum absolute atomic E-state index is 0.0393. The van der Waals surface area contributed by atoms with Gasteiger partial charge in [-0.1, -0.05) is 60.7 Å². The van der Waals surface area contributed by atoms with Gasteiger partial charge in [0.1, 0.15) is 5.75 Å². The first-order chi connectivity index (χ1) is 19.5. The van der Waals surface area contributed by atoms with Gasteiger partial charge in [-0.05, 0) is 36.6 Å². The summed E-state index contributed by atoms with van der Waals surface area (Å²) in [7, 11) is 1.52. The van der Waals surface area contributed by atoms with E-state index in [1.165, 1.54) is 7.11 Å². The van der Waals surface area contributed by atoms with Crippen LogP contribution in [-0.2, 0) is 4.79 Å². The van der Waals surface area contributed by atoms with Gasteiger partial charge in [-0.2, -0.15) is 15.0 Å².